The van der Waals surface area contributed by atoms with E-state index in [-0.39, 0.29) is 6.10 Å². The van der Waals surface area contributed by atoms with E-state index >= 15 is 0 Å². The van der Waals surface area contributed by atoms with E-state index in [9.17, 15) is 4.79 Å². The Morgan fingerprint density at radius 1 is 1.30 bits per heavy atom. The van der Waals surface area contributed by atoms with Crippen LogP contribution in [0, 0.1) is 0 Å². The first kappa shape index (κ1) is 16.5. The summed E-state index contributed by atoms with van der Waals surface area (Å²) in [7, 11) is 0. The predicted molar refractivity (Wildman–Crippen MR) is 82.7 cm³/mol. The van der Waals surface area contributed by atoms with Gasteiger partial charge >= 0.3 is 6.09 Å². The molecule has 0 fully saturated rings. The molecule has 4 nitrogen and oxygen atoms in total. The van der Waals surface area contributed by atoms with Crippen molar-refractivity contribution < 1.29 is 9.53 Å². The number of para-hydroxylation sites is 1. The molecule has 20 heavy (non-hydrogen) atoms. The van der Waals surface area contributed by atoms with Crippen LogP contribution in [0.3, 0.4) is 0 Å². The Hall–Kier alpha value is -1.55. The molecule has 1 unspecified atom stereocenters. The maximum atomic E-state index is 11.9. The average molecular weight is 278 g/mol. The van der Waals surface area contributed by atoms with Gasteiger partial charge in [0.25, 0.3) is 0 Å². The fourth-order valence-corrected chi connectivity index (χ4v) is 2.08. The van der Waals surface area contributed by atoms with Crippen LogP contribution in [0.2, 0.25) is 0 Å². The zero-order valence-corrected chi connectivity index (χ0v) is 12.5. The van der Waals surface area contributed by atoms with E-state index in [1.54, 1.807) is 0 Å². The van der Waals surface area contributed by atoms with Crippen molar-refractivity contribution in [1.82, 2.24) is 0 Å². The van der Waals surface area contributed by atoms with Gasteiger partial charge in [-0.15, -0.1) is 0 Å². The Morgan fingerprint density at radius 3 is 2.70 bits per heavy atom. The van der Waals surface area contributed by atoms with Crippen LogP contribution in [0.25, 0.3) is 0 Å². The monoisotopic (exact) mass is 278 g/mol. The summed E-state index contributed by atoms with van der Waals surface area (Å²) in [6.45, 7) is 4.60. The lowest BCUT2D eigenvalue weighted by Crippen LogP contribution is -2.22. The fraction of sp³-hybridized carbons (Fsp3) is 0.562. The van der Waals surface area contributed by atoms with Crippen molar-refractivity contribution in [2.75, 3.05) is 5.32 Å². The van der Waals surface area contributed by atoms with Gasteiger partial charge in [0.05, 0.1) is 0 Å². The second-order valence-corrected chi connectivity index (χ2v) is 4.92. The standard InChI is InChI=1S/C16H26N2O2/c1-3-5-6-10-14(4-2)20-16(19)18-15-11-8-7-9-13(15)12-17/h7-9,11,14H,3-6,10,12,17H2,1-2H3,(H,18,19). The van der Waals surface area contributed by atoms with Crippen molar-refractivity contribution >= 4 is 11.8 Å². The summed E-state index contributed by atoms with van der Waals surface area (Å²) < 4.78 is 5.46. The number of nitrogens with one attached hydrogen (secondary N) is 1. The van der Waals surface area contributed by atoms with Crippen LogP contribution in [0.5, 0.6) is 0 Å². The Labute approximate surface area is 121 Å². The molecule has 4 heteroatoms. The molecule has 0 heterocycles. The van der Waals surface area contributed by atoms with Crippen LogP contribution in [-0.4, -0.2) is 12.2 Å². The summed E-state index contributed by atoms with van der Waals surface area (Å²) in [6.07, 6.45) is 4.82. The molecule has 0 spiro atoms. The second kappa shape index (κ2) is 9.37. The van der Waals surface area contributed by atoms with Gasteiger partial charge < -0.3 is 10.5 Å². The van der Waals surface area contributed by atoms with Crippen LogP contribution in [0.4, 0.5) is 10.5 Å². The second-order valence-electron chi connectivity index (χ2n) is 4.92. The smallest absolute Gasteiger partial charge is 0.411 e. The van der Waals surface area contributed by atoms with Gasteiger partial charge in [-0.05, 0) is 30.9 Å². The lowest BCUT2D eigenvalue weighted by atomic mass is 10.1. The number of carbonyl (C=O) groups excluding carboxylic acids is 1. The molecule has 1 aromatic carbocycles. The van der Waals surface area contributed by atoms with Crippen LogP contribution >= 0.6 is 0 Å². The van der Waals surface area contributed by atoms with Crippen molar-refractivity contribution in [3.8, 4) is 0 Å². The van der Waals surface area contributed by atoms with Gasteiger partial charge in [-0.3, -0.25) is 5.32 Å². The number of unbranched alkanes of at least 4 members (excludes halogenated alkanes) is 2. The van der Waals surface area contributed by atoms with Gasteiger partial charge in [-0.2, -0.15) is 0 Å². The van der Waals surface area contributed by atoms with E-state index in [1.165, 1.54) is 12.8 Å². The Kier molecular flexibility index (Phi) is 7.73. The molecule has 1 amide bonds. The number of amides is 1. The van der Waals surface area contributed by atoms with Gasteiger partial charge in [0, 0.05) is 12.2 Å². The van der Waals surface area contributed by atoms with Gasteiger partial charge in [-0.1, -0.05) is 44.9 Å². The lowest BCUT2D eigenvalue weighted by Gasteiger charge is -2.17. The molecule has 0 radical (unpaired) electrons. The molecule has 0 saturated carbocycles. The molecule has 0 aliphatic heterocycles. The Balaban J connectivity index is 2.49. The number of carbonyl (C=O) groups is 1. The maximum Gasteiger partial charge on any atom is 0.411 e. The highest BCUT2D eigenvalue weighted by atomic mass is 16.6. The number of ether oxygens (including phenoxy) is 1. The molecular weight excluding hydrogens is 252 g/mol. The molecular formula is C16H26N2O2. The van der Waals surface area contributed by atoms with Crippen LogP contribution in [-0.2, 0) is 11.3 Å². The molecule has 1 rings (SSSR count). The zero-order valence-electron chi connectivity index (χ0n) is 12.5. The van der Waals surface area contributed by atoms with E-state index in [0.29, 0.717) is 6.54 Å². The van der Waals surface area contributed by atoms with Gasteiger partial charge in [0.1, 0.15) is 6.10 Å². The van der Waals surface area contributed by atoms with Gasteiger partial charge in [0.15, 0.2) is 0 Å². The number of anilines is 1. The van der Waals surface area contributed by atoms with Crippen molar-refractivity contribution in [2.24, 2.45) is 5.73 Å². The van der Waals surface area contributed by atoms with Crippen LogP contribution in [0.1, 0.15) is 51.5 Å². The highest BCUT2D eigenvalue weighted by molar-refractivity contribution is 5.85. The van der Waals surface area contributed by atoms with Gasteiger partial charge in [-0.25, -0.2) is 4.79 Å². The minimum absolute atomic E-state index is 0.00779. The number of hydrogen-bond donors (Lipinski definition) is 2. The first-order valence-electron chi connectivity index (χ1n) is 7.46. The minimum atomic E-state index is -0.394. The summed E-state index contributed by atoms with van der Waals surface area (Å²) in [5.41, 5.74) is 7.27. The van der Waals surface area contributed by atoms with Gasteiger partial charge in [0.2, 0.25) is 0 Å². The zero-order chi connectivity index (χ0) is 14.8. The van der Waals surface area contributed by atoms with E-state index < -0.39 is 6.09 Å². The first-order chi connectivity index (χ1) is 9.71. The third kappa shape index (κ3) is 5.61. The molecule has 112 valence electrons. The van der Waals surface area contributed by atoms with E-state index in [0.717, 1.165) is 30.5 Å². The minimum Gasteiger partial charge on any atom is -0.446 e. The number of nitrogens with two attached hydrogens (primary N) is 1. The summed E-state index contributed by atoms with van der Waals surface area (Å²) in [4.78, 5) is 11.9. The molecule has 0 aliphatic rings. The summed E-state index contributed by atoms with van der Waals surface area (Å²) in [5, 5.41) is 2.78. The molecule has 3 N–H and O–H groups in total. The molecule has 1 atom stereocenters. The number of rotatable bonds is 8. The van der Waals surface area contributed by atoms with Crippen molar-refractivity contribution in [3.63, 3.8) is 0 Å². The largest absolute Gasteiger partial charge is 0.446 e. The highest BCUT2D eigenvalue weighted by Gasteiger charge is 2.13. The Bertz CT molecular complexity index is 407. The summed E-state index contributed by atoms with van der Waals surface area (Å²) in [6, 6.07) is 7.50. The SMILES string of the molecule is CCCCCC(CC)OC(=O)Nc1ccccc1CN. The molecule has 0 bridgehead atoms. The summed E-state index contributed by atoms with van der Waals surface area (Å²) >= 11 is 0. The number of hydrogen-bond acceptors (Lipinski definition) is 3. The van der Waals surface area contributed by atoms with Crippen LogP contribution in [0.15, 0.2) is 24.3 Å². The lowest BCUT2D eigenvalue weighted by molar-refractivity contribution is 0.101. The third-order valence-electron chi connectivity index (χ3n) is 3.33. The van der Waals surface area contributed by atoms with E-state index in [1.807, 2.05) is 31.2 Å². The van der Waals surface area contributed by atoms with Crippen molar-refractivity contribution in [1.29, 1.82) is 0 Å². The summed E-state index contributed by atoms with van der Waals surface area (Å²) in [5.74, 6) is 0. The van der Waals surface area contributed by atoms with E-state index in [4.69, 9.17) is 10.5 Å². The normalized spacial score (nSPS) is 11.9. The molecule has 0 aromatic heterocycles. The fourth-order valence-electron chi connectivity index (χ4n) is 2.08. The first-order valence-corrected chi connectivity index (χ1v) is 7.46. The van der Waals surface area contributed by atoms with Crippen LogP contribution < -0.4 is 11.1 Å². The average Bonchev–Trinajstić information content (AvgIpc) is 2.47. The topological polar surface area (TPSA) is 64.3 Å². The maximum absolute atomic E-state index is 11.9. The van der Waals surface area contributed by atoms with E-state index in [2.05, 4.69) is 12.2 Å². The quantitative estimate of drug-likeness (QED) is 0.705. The predicted octanol–water partition coefficient (Wildman–Crippen LogP) is 4.05. The molecule has 0 saturated heterocycles. The molecule has 0 aliphatic carbocycles. The third-order valence-corrected chi connectivity index (χ3v) is 3.33. The molecule has 1 aromatic rings. The van der Waals surface area contributed by atoms with Crippen molar-refractivity contribution in [2.45, 2.75) is 58.6 Å². The highest BCUT2D eigenvalue weighted by Crippen LogP contribution is 2.16. The van der Waals surface area contributed by atoms with Crippen molar-refractivity contribution in [3.05, 3.63) is 29.8 Å². The Morgan fingerprint density at radius 2 is 2.05 bits per heavy atom. The number of benzene rings is 1.